The number of carbonyl (C=O) groups excluding carboxylic acids is 1. The molecule has 100 valence electrons. The Morgan fingerprint density at radius 3 is 2.58 bits per heavy atom. The van der Waals surface area contributed by atoms with Crippen LogP contribution in [0.1, 0.15) is 28.7 Å². The predicted octanol–water partition coefficient (Wildman–Crippen LogP) is 3.17. The van der Waals surface area contributed by atoms with Crippen LogP contribution in [0.15, 0.2) is 18.2 Å². The Morgan fingerprint density at radius 2 is 2.05 bits per heavy atom. The molecule has 0 bridgehead atoms. The summed E-state index contributed by atoms with van der Waals surface area (Å²) in [7, 11) is 1.80. The molecule has 1 aromatic heterocycles. The number of ketones is 1. The molecule has 2 rings (SSSR count). The van der Waals surface area contributed by atoms with Crippen molar-refractivity contribution in [3.05, 3.63) is 41.0 Å². The fourth-order valence-electron chi connectivity index (χ4n) is 1.94. The van der Waals surface area contributed by atoms with E-state index in [1.54, 1.807) is 24.7 Å². The molecule has 0 fully saturated rings. The van der Waals surface area contributed by atoms with Crippen molar-refractivity contribution < 1.29 is 13.9 Å². The number of Topliss-reactive ketones (excluding diaryl/α,β-unsaturated/α-hetero) is 1. The van der Waals surface area contributed by atoms with Crippen molar-refractivity contribution in [3.8, 4) is 11.5 Å². The van der Waals surface area contributed by atoms with E-state index in [1.165, 1.54) is 19.1 Å². The van der Waals surface area contributed by atoms with E-state index >= 15 is 0 Å². The minimum atomic E-state index is -0.579. The van der Waals surface area contributed by atoms with Crippen LogP contribution in [-0.2, 0) is 7.05 Å². The highest BCUT2D eigenvalue weighted by molar-refractivity contribution is 5.97. The summed E-state index contributed by atoms with van der Waals surface area (Å²) in [6.07, 6.45) is 0. The van der Waals surface area contributed by atoms with Gasteiger partial charge in [-0.1, -0.05) is 6.07 Å². The lowest BCUT2D eigenvalue weighted by Crippen LogP contribution is -2.01. The Hall–Kier alpha value is -2.17. The van der Waals surface area contributed by atoms with Crippen molar-refractivity contribution >= 4 is 5.78 Å². The van der Waals surface area contributed by atoms with Gasteiger partial charge in [0.2, 0.25) is 0 Å². The molecule has 4 nitrogen and oxygen atoms in total. The van der Waals surface area contributed by atoms with E-state index in [-0.39, 0.29) is 17.1 Å². The topological polar surface area (TPSA) is 44.1 Å². The zero-order valence-corrected chi connectivity index (χ0v) is 11.3. The van der Waals surface area contributed by atoms with E-state index in [1.807, 2.05) is 6.92 Å². The van der Waals surface area contributed by atoms with E-state index in [4.69, 9.17) is 4.74 Å². The van der Waals surface area contributed by atoms with Gasteiger partial charge in [-0.15, -0.1) is 0 Å². The smallest absolute Gasteiger partial charge is 0.171 e. The first-order valence-electron chi connectivity index (χ1n) is 5.89. The number of hydrogen-bond donors (Lipinski definition) is 0. The van der Waals surface area contributed by atoms with Crippen LogP contribution in [0.3, 0.4) is 0 Å². The number of nitrogens with zero attached hydrogens (tertiary/aromatic N) is 2. The summed E-state index contributed by atoms with van der Waals surface area (Å²) < 4.78 is 21.1. The molecule has 2 aromatic rings. The minimum Gasteiger partial charge on any atom is -0.453 e. The van der Waals surface area contributed by atoms with Crippen LogP contribution < -0.4 is 4.74 Å². The van der Waals surface area contributed by atoms with Crippen molar-refractivity contribution in [2.45, 2.75) is 20.8 Å². The first-order valence-corrected chi connectivity index (χ1v) is 5.89. The van der Waals surface area contributed by atoms with E-state index in [0.717, 1.165) is 5.69 Å². The van der Waals surface area contributed by atoms with Crippen LogP contribution in [-0.4, -0.2) is 15.6 Å². The van der Waals surface area contributed by atoms with Crippen LogP contribution in [0, 0.1) is 19.7 Å². The summed E-state index contributed by atoms with van der Waals surface area (Å²) >= 11 is 0. The van der Waals surface area contributed by atoms with Crippen molar-refractivity contribution in [3.63, 3.8) is 0 Å². The summed E-state index contributed by atoms with van der Waals surface area (Å²) in [5.41, 5.74) is 1.47. The summed E-state index contributed by atoms with van der Waals surface area (Å²) in [4.78, 5) is 11.5. The van der Waals surface area contributed by atoms with Crippen LogP contribution in [0.25, 0.3) is 0 Å². The number of carbonyl (C=O) groups is 1. The zero-order valence-electron chi connectivity index (χ0n) is 11.3. The number of halogens is 1. The maximum absolute atomic E-state index is 13.7. The molecular formula is C14H15FN2O2. The number of ether oxygens (including phenoxy) is 1. The number of aryl methyl sites for hydroxylation is 2. The van der Waals surface area contributed by atoms with Crippen molar-refractivity contribution in [2.75, 3.05) is 0 Å². The molecule has 0 aliphatic heterocycles. The largest absolute Gasteiger partial charge is 0.453 e. The van der Waals surface area contributed by atoms with Crippen LogP contribution in [0.4, 0.5) is 4.39 Å². The third-order valence-electron chi connectivity index (χ3n) is 2.98. The Bertz CT molecular complexity index is 647. The van der Waals surface area contributed by atoms with Gasteiger partial charge in [0.25, 0.3) is 0 Å². The van der Waals surface area contributed by atoms with Crippen molar-refractivity contribution in [1.82, 2.24) is 9.78 Å². The fraction of sp³-hybridized carbons (Fsp3) is 0.286. The lowest BCUT2D eigenvalue weighted by atomic mass is 10.1. The van der Waals surface area contributed by atoms with Gasteiger partial charge in [0, 0.05) is 7.05 Å². The Morgan fingerprint density at radius 1 is 1.37 bits per heavy atom. The summed E-state index contributed by atoms with van der Waals surface area (Å²) in [6, 6.07) is 4.33. The summed E-state index contributed by atoms with van der Waals surface area (Å²) in [5, 5.41) is 4.22. The second-order valence-electron chi connectivity index (χ2n) is 4.39. The average Bonchev–Trinajstić information content (AvgIpc) is 2.55. The SMILES string of the molecule is CC(=O)c1c(F)cccc1Oc1c(C)nn(C)c1C. The molecule has 0 saturated carbocycles. The molecule has 0 unspecified atom stereocenters. The molecule has 0 atom stereocenters. The van der Waals surface area contributed by atoms with Crippen LogP contribution in [0.2, 0.25) is 0 Å². The molecule has 0 saturated heterocycles. The lowest BCUT2D eigenvalue weighted by Gasteiger charge is -2.10. The molecule has 0 amide bonds. The molecule has 1 heterocycles. The van der Waals surface area contributed by atoms with Gasteiger partial charge < -0.3 is 4.74 Å². The first-order chi connectivity index (χ1) is 8.91. The summed E-state index contributed by atoms with van der Waals surface area (Å²) in [5.74, 6) is -0.182. The molecule has 0 radical (unpaired) electrons. The van der Waals surface area contributed by atoms with Gasteiger partial charge in [-0.2, -0.15) is 5.10 Å². The minimum absolute atomic E-state index is 0.0369. The third-order valence-corrected chi connectivity index (χ3v) is 2.98. The van der Waals surface area contributed by atoms with Gasteiger partial charge in [0.05, 0.1) is 11.3 Å². The molecule has 1 aromatic carbocycles. The standard InChI is InChI=1S/C14H15FN2O2/c1-8-14(9(2)17(4)16-8)19-12-7-5-6-11(15)13(12)10(3)18/h5-7H,1-4H3. The molecule has 0 spiro atoms. The zero-order chi connectivity index (χ0) is 14.2. The van der Waals surface area contributed by atoms with Crippen LogP contribution >= 0.6 is 0 Å². The normalized spacial score (nSPS) is 10.6. The fourth-order valence-corrected chi connectivity index (χ4v) is 1.94. The first kappa shape index (κ1) is 13.3. The quantitative estimate of drug-likeness (QED) is 0.798. The maximum Gasteiger partial charge on any atom is 0.171 e. The third kappa shape index (κ3) is 2.36. The number of benzene rings is 1. The van der Waals surface area contributed by atoms with Gasteiger partial charge in [-0.25, -0.2) is 4.39 Å². The number of aromatic nitrogens is 2. The highest BCUT2D eigenvalue weighted by atomic mass is 19.1. The second-order valence-corrected chi connectivity index (χ2v) is 4.39. The second kappa shape index (κ2) is 4.84. The van der Waals surface area contributed by atoms with Gasteiger partial charge >= 0.3 is 0 Å². The predicted molar refractivity (Wildman–Crippen MR) is 69.2 cm³/mol. The monoisotopic (exact) mass is 262 g/mol. The van der Waals surface area contributed by atoms with Crippen molar-refractivity contribution in [2.24, 2.45) is 7.05 Å². The van der Waals surface area contributed by atoms with Crippen LogP contribution in [0.5, 0.6) is 11.5 Å². The van der Waals surface area contributed by atoms with E-state index in [2.05, 4.69) is 5.10 Å². The van der Waals surface area contributed by atoms with E-state index in [0.29, 0.717) is 11.4 Å². The Balaban J connectivity index is 2.50. The molecule has 0 aliphatic carbocycles. The summed E-state index contributed by atoms with van der Waals surface area (Å²) in [6.45, 7) is 4.96. The van der Waals surface area contributed by atoms with E-state index < -0.39 is 5.82 Å². The maximum atomic E-state index is 13.7. The molecule has 19 heavy (non-hydrogen) atoms. The highest BCUT2D eigenvalue weighted by Crippen LogP contribution is 2.31. The van der Waals surface area contributed by atoms with Gasteiger partial charge in [-0.05, 0) is 32.9 Å². The molecule has 5 heteroatoms. The molecule has 0 N–H and O–H groups in total. The Kier molecular flexibility index (Phi) is 3.38. The van der Waals surface area contributed by atoms with Crippen molar-refractivity contribution in [1.29, 1.82) is 0 Å². The van der Waals surface area contributed by atoms with Gasteiger partial charge in [0.15, 0.2) is 11.5 Å². The number of rotatable bonds is 3. The van der Waals surface area contributed by atoms with E-state index in [9.17, 15) is 9.18 Å². The molecular weight excluding hydrogens is 247 g/mol. The number of hydrogen-bond acceptors (Lipinski definition) is 3. The highest BCUT2D eigenvalue weighted by Gasteiger charge is 2.18. The van der Waals surface area contributed by atoms with Gasteiger partial charge in [-0.3, -0.25) is 9.48 Å². The lowest BCUT2D eigenvalue weighted by molar-refractivity contribution is 0.101. The van der Waals surface area contributed by atoms with Gasteiger partial charge in [0.1, 0.15) is 17.3 Å². The average molecular weight is 262 g/mol. The molecule has 0 aliphatic rings. The Labute approximate surface area is 110 Å².